The molecule has 6 heteroatoms. The minimum Gasteiger partial charge on any atom is -0.462 e. The van der Waals surface area contributed by atoms with Crippen LogP contribution in [0.1, 0.15) is 348 Å². The molecule has 1 unspecified atom stereocenters. The number of allylic oxidation sites excluding steroid dienone is 11. The van der Waals surface area contributed by atoms with Crippen LogP contribution in [0.3, 0.4) is 0 Å². The lowest BCUT2D eigenvalue weighted by atomic mass is 10.0. The second kappa shape index (κ2) is 66.4. The lowest BCUT2D eigenvalue weighted by Crippen LogP contribution is -2.30. The Labute approximate surface area is 484 Å². The summed E-state index contributed by atoms with van der Waals surface area (Å²) in [6.45, 7) is 6.49. The third-order valence-corrected chi connectivity index (χ3v) is 15.0. The van der Waals surface area contributed by atoms with E-state index in [1.807, 2.05) is 12.2 Å². The van der Waals surface area contributed by atoms with Crippen molar-refractivity contribution in [2.75, 3.05) is 13.2 Å². The van der Waals surface area contributed by atoms with Crippen LogP contribution in [-0.2, 0) is 28.6 Å². The van der Waals surface area contributed by atoms with Crippen molar-refractivity contribution in [1.82, 2.24) is 0 Å². The highest BCUT2D eigenvalue weighted by molar-refractivity contribution is 5.72. The van der Waals surface area contributed by atoms with Crippen LogP contribution in [0, 0.1) is 0 Å². The highest BCUT2D eigenvalue weighted by Gasteiger charge is 2.19. The molecule has 0 rings (SSSR count). The summed E-state index contributed by atoms with van der Waals surface area (Å²) in [7, 11) is 0. The molecule has 0 amide bonds. The first-order valence-electron chi connectivity index (χ1n) is 33.9. The van der Waals surface area contributed by atoms with Gasteiger partial charge in [0.05, 0.1) is 6.42 Å². The van der Waals surface area contributed by atoms with Crippen LogP contribution in [0.5, 0.6) is 0 Å². The molecule has 0 aliphatic rings. The second-order valence-electron chi connectivity index (χ2n) is 22.7. The summed E-state index contributed by atoms with van der Waals surface area (Å²) in [6.07, 6.45) is 86.7. The summed E-state index contributed by atoms with van der Waals surface area (Å²) in [5, 5.41) is 0. The summed E-state index contributed by atoms with van der Waals surface area (Å²) < 4.78 is 16.9. The molecule has 0 aromatic heterocycles. The predicted octanol–water partition coefficient (Wildman–Crippen LogP) is 23.3. The summed E-state index contributed by atoms with van der Waals surface area (Å²) >= 11 is 0. The molecule has 0 aliphatic heterocycles. The van der Waals surface area contributed by atoms with E-state index in [2.05, 4.69) is 81.5 Å². The van der Waals surface area contributed by atoms with Gasteiger partial charge >= 0.3 is 17.9 Å². The fourth-order valence-electron chi connectivity index (χ4n) is 9.93. The molecule has 0 heterocycles. The monoisotopic (exact) mass is 1090 g/mol. The van der Waals surface area contributed by atoms with Gasteiger partial charge in [-0.05, 0) is 70.6 Å². The molecule has 452 valence electrons. The van der Waals surface area contributed by atoms with E-state index in [0.717, 1.165) is 70.6 Å². The molecule has 1 atom stereocenters. The van der Waals surface area contributed by atoms with Gasteiger partial charge in [-0.25, -0.2) is 0 Å². The number of rotatable bonds is 62. The van der Waals surface area contributed by atoms with Gasteiger partial charge in [0.1, 0.15) is 13.2 Å². The number of ether oxygens (including phenoxy) is 3. The molecule has 78 heavy (non-hydrogen) atoms. The van der Waals surface area contributed by atoms with Crippen molar-refractivity contribution in [3.63, 3.8) is 0 Å². The zero-order chi connectivity index (χ0) is 56.4. The SMILES string of the molecule is CC/C=C\C/C=C\C/C=C\C/C=C\C/C=C\CC(=O)OCC(COC(=O)CCCCCCCCCCCCCCCCCCCCCCCCCC)OC(=O)CCCCCCCCCCC/C=C\CCCCCCCCCC. The minimum absolute atomic E-state index is 0.103. The van der Waals surface area contributed by atoms with E-state index >= 15 is 0 Å². The van der Waals surface area contributed by atoms with Crippen molar-refractivity contribution in [2.24, 2.45) is 0 Å². The van der Waals surface area contributed by atoms with Crippen LogP contribution in [0.2, 0.25) is 0 Å². The van der Waals surface area contributed by atoms with Gasteiger partial charge in [-0.3, -0.25) is 14.4 Å². The highest BCUT2D eigenvalue weighted by atomic mass is 16.6. The smallest absolute Gasteiger partial charge is 0.309 e. The Hall–Kier alpha value is -3.15. The minimum atomic E-state index is -0.816. The van der Waals surface area contributed by atoms with Gasteiger partial charge in [-0.15, -0.1) is 0 Å². The standard InChI is InChI=1S/C72H128O6/c1-4-7-10-13-16-19-22-25-28-30-32-34-35-36-38-39-41-44-47-50-53-56-59-62-65-71(74)77-68-69(67-76-70(73)64-61-58-55-52-49-46-43-27-24-21-18-15-12-9-6-3)78-72(75)66-63-60-57-54-51-48-45-42-40-37-33-31-29-26-23-20-17-14-11-8-5-2/h9,12,18,21,27,31,33,43,49,52,58,61,69H,4-8,10-11,13-17,19-20,22-26,28-30,32,34-42,44-48,50-51,53-57,59-60,62-68H2,1-3H3/b12-9-,21-18-,33-31-,43-27-,52-49-,61-58-. The molecule has 0 aromatic rings. The maximum absolute atomic E-state index is 12.9. The third kappa shape index (κ3) is 63.7. The first-order valence-corrected chi connectivity index (χ1v) is 33.9. The van der Waals surface area contributed by atoms with E-state index in [4.69, 9.17) is 14.2 Å². The predicted molar refractivity (Wildman–Crippen MR) is 339 cm³/mol. The Kier molecular flexibility index (Phi) is 63.7. The molecule has 0 radical (unpaired) electrons. The largest absolute Gasteiger partial charge is 0.462 e. The summed E-state index contributed by atoms with van der Waals surface area (Å²) in [6, 6.07) is 0. The number of hydrogen-bond donors (Lipinski definition) is 0. The molecule has 6 nitrogen and oxygen atoms in total. The van der Waals surface area contributed by atoms with E-state index in [-0.39, 0.29) is 31.6 Å². The van der Waals surface area contributed by atoms with Crippen molar-refractivity contribution in [3.05, 3.63) is 72.9 Å². The Bertz CT molecular complexity index is 1440. The van der Waals surface area contributed by atoms with Gasteiger partial charge in [0, 0.05) is 12.8 Å². The van der Waals surface area contributed by atoms with Gasteiger partial charge < -0.3 is 14.2 Å². The van der Waals surface area contributed by atoms with Crippen LogP contribution >= 0.6 is 0 Å². The van der Waals surface area contributed by atoms with Crippen molar-refractivity contribution in [3.8, 4) is 0 Å². The van der Waals surface area contributed by atoms with Gasteiger partial charge in [-0.1, -0.05) is 331 Å². The number of carbonyl (C=O) groups excluding carboxylic acids is 3. The highest BCUT2D eigenvalue weighted by Crippen LogP contribution is 2.18. The van der Waals surface area contributed by atoms with E-state index in [0.29, 0.717) is 12.8 Å². The Balaban J connectivity index is 4.35. The van der Waals surface area contributed by atoms with Crippen LogP contribution in [0.15, 0.2) is 72.9 Å². The fraction of sp³-hybridized carbons (Fsp3) is 0.792. The Morgan fingerprint density at radius 3 is 0.885 bits per heavy atom. The average molecular weight is 1090 g/mol. The maximum atomic E-state index is 12.9. The van der Waals surface area contributed by atoms with E-state index in [1.165, 1.54) is 238 Å². The zero-order valence-electron chi connectivity index (χ0n) is 51.9. The molecule has 0 spiro atoms. The van der Waals surface area contributed by atoms with E-state index in [9.17, 15) is 14.4 Å². The van der Waals surface area contributed by atoms with Crippen LogP contribution in [0.25, 0.3) is 0 Å². The molecular weight excluding hydrogens is 961 g/mol. The van der Waals surface area contributed by atoms with Crippen LogP contribution in [0.4, 0.5) is 0 Å². The van der Waals surface area contributed by atoms with Gasteiger partial charge in [0.15, 0.2) is 6.10 Å². The third-order valence-electron chi connectivity index (χ3n) is 15.0. The second-order valence-corrected chi connectivity index (χ2v) is 22.7. The lowest BCUT2D eigenvalue weighted by molar-refractivity contribution is -0.166. The molecule has 0 N–H and O–H groups in total. The summed E-state index contributed by atoms with van der Waals surface area (Å²) in [5.74, 6) is -1.02. The molecule has 0 bridgehead atoms. The summed E-state index contributed by atoms with van der Waals surface area (Å²) in [5.41, 5.74) is 0. The molecule has 0 fully saturated rings. The normalized spacial score (nSPS) is 12.5. The summed E-state index contributed by atoms with van der Waals surface area (Å²) in [4.78, 5) is 38.3. The quantitative estimate of drug-likeness (QED) is 0.0261. The van der Waals surface area contributed by atoms with Crippen molar-refractivity contribution < 1.29 is 28.6 Å². The number of esters is 3. The Morgan fingerprint density at radius 2 is 0.551 bits per heavy atom. The van der Waals surface area contributed by atoms with Crippen molar-refractivity contribution >= 4 is 17.9 Å². The van der Waals surface area contributed by atoms with Crippen molar-refractivity contribution in [2.45, 2.75) is 354 Å². The molecular formula is C72H128O6. The zero-order valence-corrected chi connectivity index (χ0v) is 51.9. The van der Waals surface area contributed by atoms with Gasteiger partial charge in [0.2, 0.25) is 0 Å². The van der Waals surface area contributed by atoms with Crippen LogP contribution in [-0.4, -0.2) is 37.2 Å². The number of unbranched alkanes of at least 4 members (excludes halogenated alkanes) is 40. The van der Waals surface area contributed by atoms with Gasteiger partial charge in [0.25, 0.3) is 0 Å². The van der Waals surface area contributed by atoms with E-state index in [1.54, 1.807) is 0 Å². The lowest BCUT2D eigenvalue weighted by Gasteiger charge is -2.18. The van der Waals surface area contributed by atoms with Crippen molar-refractivity contribution in [1.29, 1.82) is 0 Å². The van der Waals surface area contributed by atoms with Crippen LogP contribution < -0.4 is 0 Å². The number of carbonyl (C=O) groups is 3. The molecule has 0 aliphatic carbocycles. The van der Waals surface area contributed by atoms with E-state index < -0.39 is 12.1 Å². The topological polar surface area (TPSA) is 78.9 Å². The molecule has 0 aromatic carbocycles. The number of hydrogen-bond acceptors (Lipinski definition) is 6. The average Bonchev–Trinajstić information content (AvgIpc) is 3.44. The van der Waals surface area contributed by atoms with Gasteiger partial charge in [-0.2, -0.15) is 0 Å². The fourth-order valence-corrected chi connectivity index (χ4v) is 9.93. The molecule has 0 saturated carbocycles. The molecule has 0 saturated heterocycles. The maximum Gasteiger partial charge on any atom is 0.309 e. The Morgan fingerprint density at radius 1 is 0.282 bits per heavy atom. The first kappa shape index (κ1) is 74.8. The first-order chi connectivity index (χ1) is 38.5.